The number of nitrogens with one attached hydrogen (secondary N) is 1. The molecular formula is C14H15NO. The molecule has 0 amide bonds. The summed E-state index contributed by atoms with van der Waals surface area (Å²) >= 11 is 0. The lowest BCUT2D eigenvalue weighted by molar-refractivity contribution is -0.119. The van der Waals surface area contributed by atoms with Crippen molar-refractivity contribution in [1.29, 1.82) is 0 Å². The summed E-state index contributed by atoms with van der Waals surface area (Å²) in [7, 11) is 0. The summed E-state index contributed by atoms with van der Waals surface area (Å²) in [5, 5.41) is 2.94. The quantitative estimate of drug-likeness (QED) is 0.594. The lowest BCUT2D eigenvalue weighted by atomic mass is 10.1. The van der Waals surface area contributed by atoms with Gasteiger partial charge < -0.3 is 0 Å². The van der Waals surface area contributed by atoms with Gasteiger partial charge in [0.2, 0.25) is 0 Å². The first-order valence-corrected chi connectivity index (χ1v) is 5.54. The Hall–Kier alpha value is -1.59. The molecule has 0 saturated heterocycles. The average Bonchev–Trinajstić information content (AvgIpc) is 3.10. The molecule has 2 heteroatoms. The minimum absolute atomic E-state index is 0.202. The Labute approximate surface area is 96.1 Å². The zero-order valence-corrected chi connectivity index (χ0v) is 9.15. The summed E-state index contributed by atoms with van der Waals surface area (Å²) in [6.07, 6.45) is 6.09. The molecule has 1 N–H and O–H groups in total. The SMILES string of the molecule is C#CCNCC(=O)C1CC1c1ccccc1. The van der Waals surface area contributed by atoms with Gasteiger partial charge in [-0.05, 0) is 17.9 Å². The second kappa shape index (κ2) is 4.96. The van der Waals surface area contributed by atoms with E-state index < -0.39 is 0 Å². The molecule has 1 saturated carbocycles. The van der Waals surface area contributed by atoms with Gasteiger partial charge in [-0.15, -0.1) is 6.42 Å². The first-order chi connectivity index (χ1) is 7.83. The van der Waals surface area contributed by atoms with Gasteiger partial charge in [0.1, 0.15) is 5.78 Å². The highest BCUT2D eigenvalue weighted by molar-refractivity contribution is 5.86. The van der Waals surface area contributed by atoms with Gasteiger partial charge in [0, 0.05) is 5.92 Å². The highest BCUT2D eigenvalue weighted by atomic mass is 16.1. The molecule has 1 aromatic carbocycles. The predicted molar refractivity (Wildman–Crippen MR) is 64.0 cm³/mol. The molecule has 16 heavy (non-hydrogen) atoms. The molecule has 0 spiro atoms. The van der Waals surface area contributed by atoms with Crippen molar-refractivity contribution in [1.82, 2.24) is 5.32 Å². The van der Waals surface area contributed by atoms with Gasteiger partial charge in [-0.1, -0.05) is 36.3 Å². The Bertz CT molecular complexity index is 404. The van der Waals surface area contributed by atoms with Crippen LogP contribution < -0.4 is 5.32 Å². The molecule has 0 aliphatic heterocycles. The second-order valence-corrected chi connectivity index (χ2v) is 4.13. The highest BCUT2D eigenvalue weighted by Crippen LogP contribution is 2.47. The Morgan fingerprint density at radius 2 is 2.19 bits per heavy atom. The average molecular weight is 213 g/mol. The van der Waals surface area contributed by atoms with Crippen molar-refractivity contribution in [3.8, 4) is 12.3 Å². The van der Waals surface area contributed by atoms with E-state index in [2.05, 4.69) is 23.4 Å². The van der Waals surface area contributed by atoms with E-state index in [1.807, 2.05) is 18.2 Å². The molecule has 0 radical (unpaired) electrons. The third kappa shape index (κ3) is 2.50. The highest BCUT2D eigenvalue weighted by Gasteiger charge is 2.42. The Balaban J connectivity index is 1.83. The smallest absolute Gasteiger partial charge is 0.150 e. The van der Waals surface area contributed by atoms with Crippen LogP contribution >= 0.6 is 0 Å². The number of hydrogen-bond acceptors (Lipinski definition) is 2. The molecule has 2 unspecified atom stereocenters. The number of ketones is 1. The molecule has 0 aromatic heterocycles. The van der Waals surface area contributed by atoms with Crippen molar-refractivity contribution in [2.45, 2.75) is 12.3 Å². The van der Waals surface area contributed by atoms with E-state index in [9.17, 15) is 4.79 Å². The summed E-state index contributed by atoms with van der Waals surface area (Å²) in [6.45, 7) is 0.868. The minimum Gasteiger partial charge on any atom is -0.299 e. The van der Waals surface area contributed by atoms with Crippen molar-refractivity contribution in [2.75, 3.05) is 13.1 Å². The molecule has 0 heterocycles. The molecule has 2 rings (SSSR count). The number of terminal acetylenes is 1. The van der Waals surface area contributed by atoms with Crippen LogP contribution in [0.2, 0.25) is 0 Å². The van der Waals surface area contributed by atoms with E-state index in [1.165, 1.54) is 5.56 Å². The summed E-state index contributed by atoms with van der Waals surface area (Å²) in [5.41, 5.74) is 1.28. The molecule has 1 fully saturated rings. The van der Waals surface area contributed by atoms with Gasteiger partial charge in [-0.3, -0.25) is 10.1 Å². The predicted octanol–water partition coefficient (Wildman–Crippen LogP) is 1.58. The monoisotopic (exact) mass is 213 g/mol. The maximum absolute atomic E-state index is 11.7. The van der Waals surface area contributed by atoms with Crippen LogP contribution in [0.15, 0.2) is 30.3 Å². The number of hydrogen-bond donors (Lipinski definition) is 1. The Morgan fingerprint density at radius 1 is 1.44 bits per heavy atom. The maximum Gasteiger partial charge on any atom is 0.150 e. The van der Waals surface area contributed by atoms with Crippen LogP contribution in [0, 0.1) is 18.3 Å². The third-order valence-electron chi connectivity index (χ3n) is 2.96. The van der Waals surface area contributed by atoms with E-state index in [4.69, 9.17) is 6.42 Å². The maximum atomic E-state index is 11.7. The molecule has 1 aromatic rings. The standard InChI is InChI=1S/C14H15NO/c1-2-8-15-10-14(16)13-9-12(13)11-6-4-3-5-7-11/h1,3-7,12-13,15H,8-10H2. The van der Waals surface area contributed by atoms with Crippen molar-refractivity contribution < 1.29 is 4.79 Å². The number of rotatable bonds is 5. The van der Waals surface area contributed by atoms with Gasteiger partial charge in [0.15, 0.2) is 0 Å². The van der Waals surface area contributed by atoms with Crippen LogP contribution in [0.5, 0.6) is 0 Å². The van der Waals surface area contributed by atoms with Crippen molar-refractivity contribution in [2.24, 2.45) is 5.92 Å². The van der Waals surface area contributed by atoms with Gasteiger partial charge in [0.05, 0.1) is 13.1 Å². The molecule has 2 nitrogen and oxygen atoms in total. The molecule has 0 bridgehead atoms. The summed E-state index contributed by atoms with van der Waals surface area (Å²) < 4.78 is 0. The van der Waals surface area contributed by atoms with Crippen molar-refractivity contribution >= 4 is 5.78 Å². The zero-order valence-electron chi connectivity index (χ0n) is 9.15. The number of carbonyl (C=O) groups is 1. The lowest BCUT2D eigenvalue weighted by Crippen LogP contribution is -2.24. The largest absolute Gasteiger partial charge is 0.299 e. The lowest BCUT2D eigenvalue weighted by Gasteiger charge is -2.00. The second-order valence-electron chi connectivity index (χ2n) is 4.13. The fraction of sp³-hybridized carbons (Fsp3) is 0.357. The normalized spacial score (nSPS) is 22.4. The van der Waals surface area contributed by atoms with Crippen molar-refractivity contribution in [3.05, 3.63) is 35.9 Å². The van der Waals surface area contributed by atoms with E-state index >= 15 is 0 Å². The van der Waals surface area contributed by atoms with E-state index in [1.54, 1.807) is 0 Å². The summed E-state index contributed by atoms with van der Waals surface area (Å²) in [5.74, 6) is 3.38. The minimum atomic E-state index is 0.202. The van der Waals surface area contributed by atoms with E-state index in [0.717, 1.165) is 6.42 Å². The fourth-order valence-electron chi connectivity index (χ4n) is 2.01. The first kappa shape index (κ1) is 10.9. The Morgan fingerprint density at radius 3 is 2.88 bits per heavy atom. The third-order valence-corrected chi connectivity index (χ3v) is 2.96. The van der Waals surface area contributed by atoms with Gasteiger partial charge in [-0.2, -0.15) is 0 Å². The summed E-state index contributed by atoms with van der Waals surface area (Å²) in [4.78, 5) is 11.7. The van der Waals surface area contributed by atoms with Crippen LogP contribution in [-0.2, 0) is 4.79 Å². The van der Waals surface area contributed by atoms with Crippen LogP contribution in [0.25, 0.3) is 0 Å². The number of benzene rings is 1. The van der Waals surface area contributed by atoms with Gasteiger partial charge in [0.25, 0.3) is 0 Å². The topological polar surface area (TPSA) is 29.1 Å². The molecule has 1 aliphatic rings. The van der Waals surface area contributed by atoms with Crippen LogP contribution in [0.3, 0.4) is 0 Å². The summed E-state index contributed by atoms with van der Waals surface area (Å²) in [6, 6.07) is 10.2. The fourth-order valence-corrected chi connectivity index (χ4v) is 2.01. The zero-order chi connectivity index (χ0) is 11.4. The molecule has 82 valence electrons. The molecule has 1 aliphatic carbocycles. The van der Waals surface area contributed by atoms with Gasteiger partial charge >= 0.3 is 0 Å². The van der Waals surface area contributed by atoms with Crippen LogP contribution in [0.1, 0.15) is 17.9 Å². The number of carbonyl (C=O) groups excluding carboxylic acids is 1. The van der Waals surface area contributed by atoms with E-state index in [-0.39, 0.29) is 11.7 Å². The van der Waals surface area contributed by atoms with Crippen LogP contribution in [-0.4, -0.2) is 18.9 Å². The molecule has 2 atom stereocenters. The van der Waals surface area contributed by atoms with Crippen molar-refractivity contribution in [3.63, 3.8) is 0 Å². The number of Topliss-reactive ketones (excluding diaryl/α,β-unsaturated/α-hetero) is 1. The van der Waals surface area contributed by atoms with Gasteiger partial charge in [-0.25, -0.2) is 0 Å². The molecular weight excluding hydrogens is 198 g/mol. The van der Waals surface area contributed by atoms with Crippen LogP contribution in [0.4, 0.5) is 0 Å². The first-order valence-electron chi connectivity index (χ1n) is 5.54. The van der Waals surface area contributed by atoms with E-state index in [0.29, 0.717) is 19.0 Å². The Kier molecular flexibility index (Phi) is 3.38.